The zero-order chi connectivity index (χ0) is 13.3. The first-order valence-corrected chi connectivity index (χ1v) is 7.11. The van der Waals surface area contributed by atoms with Gasteiger partial charge in [-0.1, -0.05) is 15.9 Å². The first-order valence-electron chi connectivity index (χ1n) is 5.24. The molecule has 0 aliphatic heterocycles. The van der Waals surface area contributed by atoms with Crippen LogP contribution < -0.4 is 11.3 Å². The van der Waals surface area contributed by atoms with Gasteiger partial charge in [-0.3, -0.25) is 9.36 Å². The van der Waals surface area contributed by atoms with Gasteiger partial charge in [0.25, 0.3) is 5.56 Å². The van der Waals surface area contributed by atoms with Crippen LogP contribution in [0, 0.1) is 10.5 Å². The van der Waals surface area contributed by atoms with Crippen molar-refractivity contribution in [1.29, 1.82) is 0 Å². The predicted molar refractivity (Wildman–Crippen MR) is 83.6 cm³/mol. The number of hydrogen-bond acceptors (Lipinski definition) is 3. The fraction of sp³-hybridized carbons (Fsp3) is 0.167. The van der Waals surface area contributed by atoms with Crippen LogP contribution in [0.3, 0.4) is 0 Å². The van der Waals surface area contributed by atoms with Gasteiger partial charge in [-0.2, -0.15) is 0 Å². The smallest absolute Gasteiger partial charge is 0.267 e. The molecule has 0 spiro atoms. The Bertz CT molecular complexity index is 634. The number of aryl methyl sites for hydroxylation is 1. The quantitative estimate of drug-likeness (QED) is 0.601. The molecule has 0 radical (unpaired) electrons. The lowest BCUT2D eigenvalue weighted by Gasteiger charge is -2.10. The molecule has 0 aliphatic carbocycles. The van der Waals surface area contributed by atoms with E-state index in [1.165, 1.54) is 0 Å². The minimum Gasteiger partial charge on any atom is -0.399 e. The third kappa shape index (κ3) is 2.92. The molecule has 0 unspecified atom stereocenters. The summed E-state index contributed by atoms with van der Waals surface area (Å²) in [5, 5.41) is 0. The lowest BCUT2D eigenvalue weighted by atomic mass is 10.2. The van der Waals surface area contributed by atoms with E-state index in [1.54, 1.807) is 10.8 Å². The minimum atomic E-state index is -0.0263. The van der Waals surface area contributed by atoms with Gasteiger partial charge < -0.3 is 5.73 Å². The summed E-state index contributed by atoms with van der Waals surface area (Å²) in [5.41, 5.74) is 7.40. The Morgan fingerprint density at radius 2 is 2.17 bits per heavy atom. The summed E-state index contributed by atoms with van der Waals surface area (Å²) in [6, 6.07) is 5.63. The molecule has 0 saturated heterocycles. The molecule has 18 heavy (non-hydrogen) atoms. The van der Waals surface area contributed by atoms with E-state index in [4.69, 9.17) is 5.73 Å². The zero-order valence-electron chi connectivity index (χ0n) is 9.65. The zero-order valence-corrected chi connectivity index (χ0v) is 13.4. The van der Waals surface area contributed by atoms with Crippen LogP contribution in [0.15, 0.2) is 33.7 Å². The molecule has 2 aromatic rings. The van der Waals surface area contributed by atoms with E-state index < -0.39 is 0 Å². The molecule has 1 heterocycles. The van der Waals surface area contributed by atoms with Gasteiger partial charge in [0.05, 0.1) is 10.1 Å². The van der Waals surface area contributed by atoms with Crippen LogP contribution in [0.25, 0.3) is 0 Å². The molecular formula is C12H11BrIN3O. The summed E-state index contributed by atoms with van der Waals surface area (Å²) < 4.78 is 3.16. The standard InChI is InChI=1S/C12H11BrIN3O/c1-7-16-5-11(14)12(18)17(7)6-8-2-9(13)4-10(15)3-8/h2-5H,6,15H2,1H3. The van der Waals surface area contributed by atoms with Crippen molar-refractivity contribution in [2.75, 3.05) is 5.73 Å². The van der Waals surface area contributed by atoms with Gasteiger partial charge in [-0.15, -0.1) is 0 Å². The number of benzene rings is 1. The Hall–Kier alpha value is -0.890. The van der Waals surface area contributed by atoms with Crippen molar-refractivity contribution in [1.82, 2.24) is 9.55 Å². The van der Waals surface area contributed by atoms with Gasteiger partial charge >= 0.3 is 0 Å². The highest BCUT2D eigenvalue weighted by molar-refractivity contribution is 14.1. The average Bonchev–Trinajstić information content (AvgIpc) is 2.28. The maximum absolute atomic E-state index is 12.0. The molecule has 2 N–H and O–H groups in total. The van der Waals surface area contributed by atoms with Crippen LogP contribution in [0.5, 0.6) is 0 Å². The Morgan fingerprint density at radius 3 is 2.83 bits per heavy atom. The van der Waals surface area contributed by atoms with E-state index in [2.05, 4.69) is 20.9 Å². The Labute approximate surface area is 126 Å². The van der Waals surface area contributed by atoms with E-state index in [9.17, 15) is 4.79 Å². The number of nitrogen functional groups attached to an aromatic ring is 1. The van der Waals surface area contributed by atoms with E-state index in [1.807, 2.05) is 47.7 Å². The summed E-state index contributed by atoms with van der Waals surface area (Å²) in [5.74, 6) is 0.693. The normalized spacial score (nSPS) is 10.6. The SMILES string of the molecule is Cc1ncc(I)c(=O)n1Cc1cc(N)cc(Br)c1. The fourth-order valence-electron chi connectivity index (χ4n) is 1.69. The van der Waals surface area contributed by atoms with Gasteiger partial charge in [-0.25, -0.2) is 4.98 Å². The Balaban J connectivity index is 2.46. The summed E-state index contributed by atoms with van der Waals surface area (Å²) >= 11 is 5.39. The lowest BCUT2D eigenvalue weighted by Crippen LogP contribution is -2.26. The first-order chi connectivity index (χ1) is 8.47. The third-order valence-electron chi connectivity index (χ3n) is 2.53. The van der Waals surface area contributed by atoms with Gasteiger partial charge in [0.2, 0.25) is 0 Å². The van der Waals surface area contributed by atoms with E-state index in [0.29, 0.717) is 21.6 Å². The molecule has 0 amide bonds. The van der Waals surface area contributed by atoms with Crippen molar-refractivity contribution in [3.63, 3.8) is 0 Å². The number of anilines is 1. The maximum Gasteiger partial charge on any atom is 0.267 e. The van der Waals surface area contributed by atoms with Crippen LogP contribution >= 0.6 is 38.5 Å². The highest BCUT2D eigenvalue weighted by Crippen LogP contribution is 2.18. The van der Waals surface area contributed by atoms with Crippen LogP contribution in [0.4, 0.5) is 5.69 Å². The summed E-state index contributed by atoms with van der Waals surface area (Å²) in [7, 11) is 0. The maximum atomic E-state index is 12.0. The van der Waals surface area contributed by atoms with E-state index in [0.717, 1.165) is 10.0 Å². The highest BCUT2D eigenvalue weighted by atomic mass is 127. The second-order valence-electron chi connectivity index (χ2n) is 3.94. The molecule has 1 aromatic carbocycles. The molecule has 0 saturated carbocycles. The number of nitrogens with zero attached hydrogens (tertiary/aromatic N) is 2. The van der Waals surface area contributed by atoms with Crippen LogP contribution in [-0.4, -0.2) is 9.55 Å². The topological polar surface area (TPSA) is 60.9 Å². The Kier molecular flexibility index (Phi) is 4.06. The number of rotatable bonds is 2. The fourth-order valence-corrected chi connectivity index (χ4v) is 2.68. The molecule has 0 aliphatic rings. The molecule has 2 rings (SSSR count). The molecule has 1 aromatic heterocycles. The van der Waals surface area contributed by atoms with Gasteiger partial charge in [0.1, 0.15) is 5.82 Å². The molecule has 0 fully saturated rings. The second-order valence-corrected chi connectivity index (χ2v) is 6.02. The number of hydrogen-bond donors (Lipinski definition) is 1. The minimum absolute atomic E-state index is 0.0263. The van der Waals surface area contributed by atoms with E-state index >= 15 is 0 Å². The molecule has 4 nitrogen and oxygen atoms in total. The molecular weight excluding hydrogens is 409 g/mol. The largest absolute Gasteiger partial charge is 0.399 e. The van der Waals surface area contributed by atoms with Crippen LogP contribution in [-0.2, 0) is 6.54 Å². The highest BCUT2D eigenvalue weighted by Gasteiger charge is 2.07. The summed E-state index contributed by atoms with van der Waals surface area (Å²) in [6.07, 6.45) is 1.59. The third-order valence-corrected chi connectivity index (χ3v) is 3.72. The van der Waals surface area contributed by atoms with Crippen molar-refractivity contribution >= 4 is 44.2 Å². The van der Waals surface area contributed by atoms with Crippen LogP contribution in [0.1, 0.15) is 11.4 Å². The number of halogens is 2. The van der Waals surface area contributed by atoms with Crippen molar-refractivity contribution in [3.8, 4) is 0 Å². The van der Waals surface area contributed by atoms with Crippen molar-refractivity contribution in [2.24, 2.45) is 0 Å². The monoisotopic (exact) mass is 419 g/mol. The van der Waals surface area contributed by atoms with Crippen molar-refractivity contribution < 1.29 is 0 Å². The summed E-state index contributed by atoms with van der Waals surface area (Å²) in [6.45, 7) is 2.29. The van der Waals surface area contributed by atoms with Gasteiger partial charge in [0.15, 0.2) is 0 Å². The second kappa shape index (κ2) is 5.40. The molecule has 0 atom stereocenters. The van der Waals surface area contributed by atoms with Crippen molar-refractivity contribution in [3.05, 3.63) is 54.2 Å². The molecule has 6 heteroatoms. The average molecular weight is 420 g/mol. The van der Waals surface area contributed by atoms with Gasteiger partial charge in [-0.05, 0) is 53.3 Å². The number of nitrogens with two attached hydrogens (primary N) is 1. The summed E-state index contributed by atoms with van der Waals surface area (Å²) in [4.78, 5) is 16.2. The van der Waals surface area contributed by atoms with E-state index in [-0.39, 0.29) is 5.56 Å². The molecule has 0 bridgehead atoms. The van der Waals surface area contributed by atoms with Crippen molar-refractivity contribution in [2.45, 2.75) is 13.5 Å². The predicted octanol–water partition coefficient (Wildman–Crippen LogP) is 2.55. The first kappa shape index (κ1) is 13.5. The number of aromatic nitrogens is 2. The molecule has 94 valence electrons. The Morgan fingerprint density at radius 1 is 1.44 bits per heavy atom. The van der Waals surface area contributed by atoms with Gasteiger partial charge in [0, 0.05) is 16.4 Å². The lowest BCUT2D eigenvalue weighted by molar-refractivity contribution is 0.695. The van der Waals surface area contributed by atoms with Crippen LogP contribution in [0.2, 0.25) is 0 Å².